The van der Waals surface area contributed by atoms with E-state index in [1.165, 1.54) is 24.3 Å². The molecule has 25 atom stereocenters. The number of amides is 6. The predicted molar refractivity (Wildman–Crippen MR) is 339 cm³/mol. The zero-order chi connectivity index (χ0) is 73.0. The quantitative estimate of drug-likeness (QED) is 0.0363. The summed E-state index contributed by atoms with van der Waals surface area (Å²) in [5.74, 6) is -9.90. The molecular weight excluding hydrogens is 1330 g/mol. The summed E-state index contributed by atoms with van der Waals surface area (Å²) in [6.45, 7) is 0.257. The minimum atomic E-state index is -2.34. The van der Waals surface area contributed by atoms with Crippen molar-refractivity contribution >= 4 is 53.3 Å². The van der Waals surface area contributed by atoms with Crippen molar-refractivity contribution in [2.45, 2.75) is 205 Å². The molecule has 38 nitrogen and oxygen atoms in total. The molecule has 2 aromatic carbocycles. The molecule has 556 valence electrons. The van der Waals surface area contributed by atoms with E-state index in [0.717, 1.165) is 4.58 Å². The second kappa shape index (κ2) is 35.3. The third kappa shape index (κ3) is 18.4. The number of nitrogens with zero attached hydrogens (tertiary/aromatic N) is 2. The van der Waals surface area contributed by atoms with Gasteiger partial charge in [0.2, 0.25) is 48.0 Å². The Labute approximate surface area is 572 Å². The van der Waals surface area contributed by atoms with E-state index in [0.29, 0.717) is 31.2 Å². The first kappa shape index (κ1) is 78.1. The summed E-state index contributed by atoms with van der Waals surface area (Å²) in [5.41, 5.74) is 12.9. The van der Waals surface area contributed by atoms with Gasteiger partial charge in [-0.1, -0.05) is 76.1 Å². The maximum Gasteiger partial charge on any atom is 0.346 e. The summed E-state index contributed by atoms with van der Waals surface area (Å²) in [6, 6.07) is 0.795. The molecule has 0 radical (unpaired) electrons. The number of guanidine groups is 2. The van der Waals surface area contributed by atoms with Gasteiger partial charge in [0, 0.05) is 18.9 Å². The van der Waals surface area contributed by atoms with E-state index in [-0.39, 0.29) is 29.8 Å². The van der Waals surface area contributed by atoms with Crippen LogP contribution in [0.4, 0.5) is 0 Å². The Morgan fingerprint density at radius 3 is 1.83 bits per heavy atom. The van der Waals surface area contributed by atoms with Gasteiger partial charge in [-0.3, -0.25) is 44.6 Å². The SMILES string of the molecule is CCCC(CCC)C(=O)OC[C@@H]1O[C@@H](O[C@H]2[C@@H](O)[C@@H](O)[C@@H](Oc3ccc(C[C@H]4NC(=O)[C@@H]([C@H](C)c5ccccc5)NC(=O)CNC(=O)C(CO)NC(=O)[C@@H]([C@H](O)[C@@H]5CNC(N)=[N+]5[C@@H]5O[C@@H](CO)[C@H](O)[C@H](O)[C@@H]5O)NC(=O)[C@H]([C@H](O)[C@@H]5CNC(N)=N5)NC4=O)cc3)O[C@@H]2CO)[C@@H](O)[C@@H](O)[C@H]1O. The minimum Gasteiger partial charge on any atom is -0.463 e. The molecule has 6 aliphatic heterocycles. The van der Waals surface area contributed by atoms with Crippen LogP contribution < -0.4 is 58.7 Å². The van der Waals surface area contributed by atoms with Gasteiger partial charge in [0.05, 0.1) is 38.3 Å². The zero-order valence-electron chi connectivity index (χ0n) is 54.9. The molecule has 0 aliphatic carbocycles. The molecular formula is C62H93N12O26+. The summed E-state index contributed by atoms with van der Waals surface area (Å²) in [7, 11) is 0. The first-order chi connectivity index (χ1) is 47.6. The third-order valence-electron chi connectivity index (χ3n) is 18.4. The van der Waals surface area contributed by atoms with Crippen molar-refractivity contribution < 1.29 is 133 Å². The number of aliphatic hydroxyl groups excluding tert-OH is 13. The van der Waals surface area contributed by atoms with Crippen molar-refractivity contribution in [3.63, 3.8) is 0 Å². The topological polar surface area (TPSA) is 602 Å². The molecule has 0 aromatic heterocycles. The maximum atomic E-state index is 15.2. The van der Waals surface area contributed by atoms with Crippen molar-refractivity contribution in [1.82, 2.24) is 42.5 Å². The lowest BCUT2D eigenvalue weighted by molar-refractivity contribution is -0.663. The number of rotatable bonds is 23. The lowest BCUT2D eigenvalue weighted by Gasteiger charge is -2.46. The van der Waals surface area contributed by atoms with Crippen LogP contribution in [0.15, 0.2) is 59.6 Å². The van der Waals surface area contributed by atoms with Crippen LogP contribution in [-0.2, 0) is 63.7 Å². The Hall–Kier alpha value is -7.61. The van der Waals surface area contributed by atoms with Gasteiger partial charge in [-0.15, -0.1) is 0 Å². The molecule has 6 amide bonds. The first-order valence-electron chi connectivity index (χ1n) is 32.9. The van der Waals surface area contributed by atoms with E-state index >= 15 is 9.59 Å². The lowest BCUT2D eigenvalue weighted by Crippen LogP contribution is -2.68. The van der Waals surface area contributed by atoms with Gasteiger partial charge in [-0.25, -0.2) is 9.57 Å². The van der Waals surface area contributed by atoms with Gasteiger partial charge < -0.3 is 138 Å². The number of aliphatic imine (C=N–C) groups is 1. The summed E-state index contributed by atoms with van der Waals surface area (Å²) in [6.07, 6.45) is -29.5. The normalized spacial score (nSPS) is 35.2. The number of benzene rings is 2. The fourth-order valence-corrected chi connectivity index (χ4v) is 12.6. The Morgan fingerprint density at radius 2 is 1.20 bits per heavy atom. The highest BCUT2D eigenvalue weighted by Gasteiger charge is 2.55. The molecule has 8 rings (SSSR count). The average Bonchev–Trinajstić information content (AvgIpc) is 1.45. The van der Waals surface area contributed by atoms with Crippen molar-refractivity contribution in [3.05, 3.63) is 65.7 Å². The second-order valence-electron chi connectivity index (χ2n) is 25.3. The molecule has 0 spiro atoms. The molecule has 0 saturated carbocycles. The van der Waals surface area contributed by atoms with Gasteiger partial charge in [-0.2, -0.15) is 0 Å². The van der Waals surface area contributed by atoms with Gasteiger partial charge >= 0.3 is 11.9 Å². The second-order valence-corrected chi connectivity index (χ2v) is 25.3. The number of nitrogens with one attached hydrogen (secondary N) is 8. The molecule has 0 bridgehead atoms. The molecule has 4 fully saturated rings. The molecule has 6 aliphatic rings. The van der Waals surface area contributed by atoms with Crippen LogP contribution in [0.3, 0.4) is 0 Å². The Balaban J connectivity index is 1.07. The van der Waals surface area contributed by atoms with Crippen LogP contribution in [0, 0.1) is 5.92 Å². The monoisotopic (exact) mass is 1420 g/mol. The number of carbonyl (C=O) groups excluding carboxylic acids is 7. The van der Waals surface area contributed by atoms with E-state index in [2.05, 4.69) is 47.5 Å². The molecule has 6 heterocycles. The summed E-state index contributed by atoms with van der Waals surface area (Å²) in [5, 5.41) is 163. The lowest BCUT2D eigenvalue weighted by atomic mass is 9.92. The van der Waals surface area contributed by atoms with Gasteiger partial charge in [0.15, 0.2) is 12.2 Å². The number of hydrogen-bond acceptors (Lipinski definition) is 31. The Morgan fingerprint density at radius 1 is 0.610 bits per heavy atom. The number of aliphatic hydroxyl groups is 13. The van der Waals surface area contributed by atoms with Crippen molar-refractivity contribution in [3.8, 4) is 5.75 Å². The van der Waals surface area contributed by atoms with Crippen LogP contribution >= 0.6 is 0 Å². The number of ether oxygens (including phenoxy) is 6. The van der Waals surface area contributed by atoms with Crippen LogP contribution in [-0.4, -0.2) is 317 Å². The molecule has 25 N–H and O–H groups in total. The average molecular weight is 1420 g/mol. The fraction of sp³-hybridized carbons (Fsp3) is 0.661. The van der Waals surface area contributed by atoms with Crippen LogP contribution in [0.25, 0.3) is 0 Å². The number of esters is 1. The number of carbonyl (C=O) groups is 7. The molecule has 100 heavy (non-hydrogen) atoms. The number of nitrogens with two attached hydrogens (primary N) is 2. The Bertz CT molecular complexity index is 3170. The Kier molecular flexibility index (Phi) is 27.6. The maximum absolute atomic E-state index is 15.2. The molecule has 1 unspecified atom stereocenters. The van der Waals surface area contributed by atoms with Gasteiger partial charge in [0.1, 0.15) is 141 Å². The van der Waals surface area contributed by atoms with Crippen molar-refractivity contribution in [2.24, 2.45) is 22.4 Å². The highest BCUT2D eigenvalue weighted by molar-refractivity contribution is 5.98. The molecule has 2 aromatic rings. The molecule has 4 saturated heterocycles. The van der Waals surface area contributed by atoms with Crippen molar-refractivity contribution in [1.29, 1.82) is 0 Å². The minimum absolute atomic E-state index is 0.0809. The molecule has 38 heteroatoms. The van der Waals surface area contributed by atoms with E-state index in [1.807, 2.05) is 13.8 Å². The van der Waals surface area contributed by atoms with Crippen LogP contribution in [0.5, 0.6) is 5.75 Å². The first-order valence-corrected chi connectivity index (χ1v) is 32.9. The summed E-state index contributed by atoms with van der Waals surface area (Å²) >= 11 is 0. The predicted octanol–water partition coefficient (Wildman–Crippen LogP) is -11.5. The van der Waals surface area contributed by atoms with Gasteiger partial charge in [-0.05, 0) is 36.1 Å². The number of hydrogen-bond donors (Lipinski definition) is 23. The standard InChI is InChI=1S/C62H92N12O26/c1-4-9-28(10-5-2)58(94)95-24-36-44(82)46(84)49(87)60(99-36)100-51-35(23-77)98-59(50(88)47(51)85)96-29-15-13-26(14-16-29)17-30-53(90)72-39(41(79)31-18-66-61(63)70-31)56(93)73-40(42(80)33-19-67-62(64)74(33)57-48(86)45(83)43(81)34(22-76)97-57)55(92)69-32(21-75)52(89)65-20-37(78)71-38(54(91)68-30)25(3)27-11-7-6-8-12-27/h6-8,11-16,25,28,30-36,38-51,57,59-60,75-77,79-88H,4-5,9-10,17-24H2,1-3H3,(H11,63,64,65,66,67,68,69,70,71,72,73,78,89,90,91,92,93)/p+1/t25-,30-,31+,32?,33+,34+,35-,36+,38-,39+,40-,41-,42-,43+,44+,45+,46+,47+,48+,49+,50-,51-,57-,59+,60+/m1/s1. The summed E-state index contributed by atoms with van der Waals surface area (Å²) < 4.78 is 35.4. The largest absolute Gasteiger partial charge is 0.463 e. The third-order valence-corrected chi connectivity index (χ3v) is 18.4. The fourth-order valence-electron chi connectivity index (χ4n) is 12.6. The zero-order valence-corrected chi connectivity index (χ0v) is 54.9. The van der Waals surface area contributed by atoms with Crippen LogP contribution in [0.1, 0.15) is 63.5 Å². The smallest absolute Gasteiger partial charge is 0.346 e. The van der Waals surface area contributed by atoms with Crippen molar-refractivity contribution in [2.75, 3.05) is 46.1 Å². The van der Waals surface area contributed by atoms with E-state index < -0.39 is 246 Å². The van der Waals surface area contributed by atoms with E-state index in [4.69, 9.17) is 39.9 Å². The highest BCUT2D eigenvalue weighted by Crippen LogP contribution is 2.32. The van der Waals surface area contributed by atoms with Crippen LogP contribution in [0.2, 0.25) is 0 Å². The van der Waals surface area contributed by atoms with Gasteiger partial charge in [0.25, 0.3) is 0 Å². The van der Waals surface area contributed by atoms with E-state index in [1.54, 1.807) is 37.3 Å². The highest BCUT2D eigenvalue weighted by atomic mass is 16.7. The van der Waals surface area contributed by atoms with E-state index in [9.17, 15) is 90.4 Å². The summed E-state index contributed by atoms with van der Waals surface area (Å²) in [4.78, 5) is 105.